The fraction of sp³-hybridized carbons (Fsp3) is 0.467. The molecule has 1 aliphatic rings. The minimum absolute atomic E-state index is 0.631. The Balaban J connectivity index is 1.57. The highest BCUT2D eigenvalue weighted by Gasteiger charge is 2.11. The van der Waals surface area contributed by atoms with Gasteiger partial charge >= 0.3 is 0 Å². The highest BCUT2D eigenvalue weighted by molar-refractivity contribution is 5.48. The molecular weight excluding hydrogens is 266 g/mol. The van der Waals surface area contributed by atoms with Crippen LogP contribution in [0.25, 0.3) is 0 Å². The lowest BCUT2D eigenvalue weighted by Crippen LogP contribution is -2.43. The largest absolute Gasteiger partial charge is 0.491 e. The SMILES string of the molecule is Cn1nccc1CCOc1cncc(N2CCNCC2)c1. The molecule has 0 saturated carbocycles. The van der Waals surface area contributed by atoms with E-state index in [2.05, 4.69) is 26.4 Å². The smallest absolute Gasteiger partial charge is 0.139 e. The second-order valence-corrected chi connectivity index (χ2v) is 5.16. The average Bonchev–Trinajstić information content (AvgIpc) is 2.94. The van der Waals surface area contributed by atoms with E-state index in [0.717, 1.165) is 44.0 Å². The first-order valence-electron chi connectivity index (χ1n) is 7.33. The number of nitrogens with zero attached hydrogens (tertiary/aromatic N) is 4. The van der Waals surface area contributed by atoms with Crippen molar-refractivity contribution in [1.29, 1.82) is 0 Å². The van der Waals surface area contributed by atoms with Crippen LogP contribution in [0.3, 0.4) is 0 Å². The Labute approximate surface area is 124 Å². The molecular formula is C15H21N5O. The zero-order valence-electron chi connectivity index (χ0n) is 12.3. The summed E-state index contributed by atoms with van der Waals surface area (Å²) in [6, 6.07) is 4.08. The quantitative estimate of drug-likeness (QED) is 0.883. The lowest BCUT2D eigenvalue weighted by atomic mass is 10.3. The van der Waals surface area contributed by atoms with Crippen LogP contribution in [0.15, 0.2) is 30.7 Å². The number of ether oxygens (including phenoxy) is 1. The standard InChI is InChI=1S/C15H21N5O/c1-19-13(2-4-18-19)3-9-21-15-10-14(11-17-12-15)20-7-5-16-6-8-20/h2,4,10-12,16H,3,5-9H2,1H3. The summed E-state index contributed by atoms with van der Waals surface area (Å²) in [7, 11) is 1.95. The lowest BCUT2D eigenvalue weighted by Gasteiger charge is -2.29. The summed E-state index contributed by atoms with van der Waals surface area (Å²) in [5, 5.41) is 7.51. The molecule has 0 radical (unpaired) electrons. The molecule has 1 aliphatic heterocycles. The zero-order valence-corrected chi connectivity index (χ0v) is 12.3. The van der Waals surface area contributed by atoms with Crippen molar-refractivity contribution in [3.63, 3.8) is 0 Å². The van der Waals surface area contributed by atoms with Crippen LogP contribution in [0.2, 0.25) is 0 Å². The first-order valence-corrected chi connectivity index (χ1v) is 7.33. The van der Waals surface area contributed by atoms with Gasteiger partial charge in [0.25, 0.3) is 0 Å². The minimum atomic E-state index is 0.631. The minimum Gasteiger partial charge on any atom is -0.491 e. The van der Waals surface area contributed by atoms with Gasteiger partial charge < -0.3 is 15.0 Å². The summed E-state index contributed by atoms with van der Waals surface area (Å²) in [6.07, 6.45) is 6.32. The molecule has 21 heavy (non-hydrogen) atoms. The van der Waals surface area contributed by atoms with E-state index in [1.807, 2.05) is 30.2 Å². The molecule has 1 N–H and O–H groups in total. The number of piperazine rings is 1. The van der Waals surface area contributed by atoms with Gasteiger partial charge in [-0.1, -0.05) is 0 Å². The van der Waals surface area contributed by atoms with E-state index in [-0.39, 0.29) is 0 Å². The molecule has 112 valence electrons. The van der Waals surface area contributed by atoms with Gasteiger partial charge in [-0.25, -0.2) is 0 Å². The van der Waals surface area contributed by atoms with Gasteiger partial charge in [-0.3, -0.25) is 9.67 Å². The van der Waals surface area contributed by atoms with E-state index in [9.17, 15) is 0 Å². The number of pyridine rings is 1. The molecule has 0 atom stereocenters. The zero-order chi connectivity index (χ0) is 14.5. The molecule has 6 nitrogen and oxygen atoms in total. The third kappa shape index (κ3) is 3.52. The second-order valence-electron chi connectivity index (χ2n) is 5.16. The van der Waals surface area contributed by atoms with Crippen molar-refractivity contribution < 1.29 is 4.74 Å². The van der Waals surface area contributed by atoms with E-state index in [0.29, 0.717) is 6.61 Å². The summed E-state index contributed by atoms with van der Waals surface area (Å²) in [4.78, 5) is 6.62. The van der Waals surface area contributed by atoms with Crippen LogP contribution in [0.1, 0.15) is 5.69 Å². The van der Waals surface area contributed by atoms with Crippen molar-refractivity contribution in [3.05, 3.63) is 36.4 Å². The van der Waals surface area contributed by atoms with Crippen molar-refractivity contribution >= 4 is 5.69 Å². The molecule has 0 spiro atoms. The maximum atomic E-state index is 5.82. The molecule has 0 aromatic carbocycles. The second kappa shape index (κ2) is 6.58. The molecule has 0 amide bonds. The number of nitrogens with one attached hydrogen (secondary N) is 1. The van der Waals surface area contributed by atoms with Crippen LogP contribution < -0.4 is 15.0 Å². The Morgan fingerprint density at radius 3 is 2.90 bits per heavy atom. The van der Waals surface area contributed by atoms with E-state index >= 15 is 0 Å². The van der Waals surface area contributed by atoms with Crippen LogP contribution in [0.4, 0.5) is 5.69 Å². The normalized spacial score (nSPS) is 15.2. The Hall–Kier alpha value is -2.08. The molecule has 3 heterocycles. The van der Waals surface area contributed by atoms with Gasteiger partial charge in [0.2, 0.25) is 0 Å². The maximum absolute atomic E-state index is 5.82. The molecule has 2 aromatic heterocycles. The number of anilines is 1. The van der Waals surface area contributed by atoms with Gasteiger partial charge in [0.05, 0.1) is 24.7 Å². The predicted molar refractivity (Wildman–Crippen MR) is 81.7 cm³/mol. The molecule has 0 aliphatic carbocycles. The Kier molecular flexibility index (Phi) is 4.35. The number of aromatic nitrogens is 3. The molecule has 6 heteroatoms. The van der Waals surface area contributed by atoms with Gasteiger partial charge in [-0.05, 0) is 6.07 Å². The summed E-state index contributed by atoms with van der Waals surface area (Å²) < 4.78 is 7.69. The fourth-order valence-electron chi connectivity index (χ4n) is 2.50. The molecule has 1 fully saturated rings. The first kappa shape index (κ1) is 13.9. The lowest BCUT2D eigenvalue weighted by molar-refractivity contribution is 0.317. The highest BCUT2D eigenvalue weighted by Crippen LogP contribution is 2.20. The van der Waals surface area contributed by atoms with Crippen molar-refractivity contribution in [3.8, 4) is 5.75 Å². The van der Waals surface area contributed by atoms with Crippen molar-refractivity contribution in [2.24, 2.45) is 7.05 Å². The van der Waals surface area contributed by atoms with Crippen LogP contribution in [-0.4, -0.2) is 47.6 Å². The van der Waals surface area contributed by atoms with Crippen molar-refractivity contribution in [2.75, 3.05) is 37.7 Å². The van der Waals surface area contributed by atoms with Gasteiger partial charge in [0, 0.05) is 57.6 Å². The van der Waals surface area contributed by atoms with Gasteiger partial charge in [0.15, 0.2) is 0 Å². The first-order chi connectivity index (χ1) is 10.3. The van der Waals surface area contributed by atoms with E-state index < -0.39 is 0 Å². The summed E-state index contributed by atoms with van der Waals surface area (Å²) in [5.74, 6) is 0.827. The van der Waals surface area contributed by atoms with Crippen LogP contribution in [0.5, 0.6) is 5.75 Å². The van der Waals surface area contributed by atoms with Crippen LogP contribution in [-0.2, 0) is 13.5 Å². The molecule has 2 aromatic rings. The van der Waals surface area contributed by atoms with E-state index in [1.165, 1.54) is 5.69 Å². The summed E-state index contributed by atoms with van der Waals surface area (Å²) >= 11 is 0. The number of hydrogen-bond acceptors (Lipinski definition) is 5. The molecule has 1 saturated heterocycles. The summed E-state index contributed by atoms with van der Waals surface area (Å²) in [6.45, 7) is 4.70. The van der Waals surface area contributed by atoms with Crippen molar-refractivity contribution in [1.82, 2.24) is 20.1 Å². The summed E-state index contributed by atoms with van der Waals surface area (Å²) in [5.41, 5.74) is 2.30. The van der Waals surface area contributed by atoms with Gasteiger partial charge in [0.1, 0.15) is 5.75 Å². The van der Waals surface area contributed by atoms with Gasteiger partial charge in [-0.2, -0.15) is 5.10 Å². The fourth-order valence-corrected chi connectivity index (χ4v) is 2.50. The Bertz CT molecular complexity index is 577. The topological polar surface area (TPSA) is 55.2 Å². The monoisotopic (exact) mass is 287 g/mol. The van der Waals surface area contributed by atoms with Crippen LogP contribution in [0, 0.1) is 0 Å². The Morgan fingerprint density at radius 2 is 2.14 bits per heavy atom. The number of hydrogen-bond donors (Lipinski definition) is 1. The Morgan fingerprint density at radius 1 is 1.29 bits per heavy atom. The number of rotatable bonds is 5. The highest BCUT2D eigenvalue weighted by atomic mass is 16.5. The average molecular weight is 287 g/mol. The van der Waals surface area contributed by atoms with Gasteiger partial charge in [-0.15, -0.1) is 0 Å². The molecule has 0 unspecified atom stereocenters. The third-order valence-corrected chi connectivity index (χ3v) is 3.73. The third-order valence-electron chi connectivity index (χ3n) is 3.73. The van der Waals surface area contributed by atoms with Crippen molar-refractivity contribution in [2.45, 2.75) is 6.42 Å². The molecule has 0 bridgehead atoms. The molecule has 3 rings (SSSR count). The van der Waals surface area contributed by atoms with E-state index in [1.54, 1.807) is 6.20 Å². The maximum Gasteiger partial charge on any atom is 0.139 e. The number of aryl methyl sites for hydroxylation is 1. The predicted octanol–water partition coefficient (Wildman–Crippen LogP) is 0.846. The van der Waals surface area contributed by atoms with Crippen LogP contribution >= 0.6 is 0 Å². The van der Waals surface area contributed by atoms with E-state index in [4.69, 9.17) is 4.74 Å².